The Hall–Kier alpha value is -4.28. The van der Waals surface area contributed by atoms with Crippen LogP contribution in [-0.4, -0.2) is 43.9 Å². The van der Waals surface area contributed by atoms with E-state index in [0.29, 0.717) is 62.9 Å². The molecule has 11 nitrogen and oxygen atoms in total. The lowest BCUT2D eigenvalue weighted by molar-refractivity contribution is 0.356. The van der Waals surface area contributed by atoms with Gasteiger partial charge in [-0.2, -0.15) is 5.10 Å². The third-order valence-corrected chi connectivity index (χ3v) is 5.78. The monoisotopic (exact) mass is 463 g/mol. The van der Waals surface area contributed by atoms with E-state index in [1.165, 1.54) is 6.39 Å². The number of nitrogens with one attached hydrogen (secondary N) is 3. The van der Waals surface area contributed by atoms with E-state index >= 15 is 0 Å². The summed E-state index contributed by atoms with van der Waals surface area (Å²) in [5, 5.41) is 8.16. The lowest BCUT2D eigenvalue weighted by Gasteiger charge is -2.26. The van der Waals surface area contributed by atoms with Gasteiger partial charge >= 0.3 is 0 Å². The molecule has 0 aliphatic rings. The number of anilines is 1. The number of H-pyrrole nitrogens is 2. The molecule has 0 bridgehead atoms. The van der Waals surface area contributed by atoms with Gasteiger partial charge in [0, 0.05) is 24.9 Å². The molecule has 0 fully saturated rings. The molecule has 176 valence electrons. The molecule has 0 amide bonds. The van der Waals surface area contributed by atoms with E-state index in [1.54, 1.807) is 37.3 Å². The van der Waals surface area contributed by atoms with Crippen LogP contribution in [0.2, 0.25) is 0 Å². The van der Waals surface area contributed by atoms with E-state index in [9.17, 15) is 4.79 Å². The average Bonchev–Trinajstić information content (AvgIpc) is 3.56. The predicted molar refractivity (Wildman–Crippen MR) is 127 cm³/mol. The van der Waals surface area contributed by atoms with Gasteiger partial charge in [0.2, 0.25) is 0 Å². The van der Waals surface area contributed by atoms with Crippen molar-refractivity contribution in [3.63, 3.8) is 0 Å². The first-order valence-electron chi connectivity index (χ1n) is 10.8. The second-order valence-electron chi connectivity index (χ2n) is 8.38. The quantitative estimate of drug-likeness (QED) is 0.333. The van der Waals surface area contributed by atoms with Crippen LogP contribution in [0.15, 0.2) is 40.2 Å². The summed E-state index contributed by atoms with van der Waals surface area (Å²) in [5.74, 6) is 1.49. The molecule has 0 saturated carbocycles. The van der Waals surface area contributed by atoms with Gasteiger partial charge in [0.25, 0.3) is 5.56 Å². The fraction of sp³-hybridized carbons (Fsp3) is 0.304. The molecule has 0 spiro atoms. The molecule has 0 atom stereocenters. The summed E-state index contributed by atoms with van der Waals surface area (Å²) in [6, 6.07) is 3.55. The van der Waals surface area contributed by atoms with Crippen LogP contribution < -0.4 is 20.3 Å². The molecule has 0 saturated heterocycles. The van der Waals surface area contributed by atoms with Crippen molar-refractivity contribution >= 4 is 27.8 Å². The topological polar surface area (TPSA) is 136 Å². The molecule has 11 heteroatoms. The van der Waals surface area contributed by atoms with Crippen LogP contribution >= 0.6 is 0 Å². The van der Waals surface area contributed by atoms with Gasteiger partial charge in [-0.3, -0.25) is 9.48 Å². The number of aromatic amines is 2. The van der Waals surface area contributed by atoms with E-state index in [2.05, 4.69) is 20.3 Å². The fourth-order valence-corrected chi connectivity index (χ4v) is 3.98. The maximum Gasteiger partial charge on any atom is 0.261 e. The number of rotatable bonds is 7. The molecule has 5 aromatic rings. The van der Waals surface area contributed by atoms with E-state index in [4.69, 9.17) is 24.0 Å². The van der Waals surface area contributed by atoms with Crippen LogP contribution in [0.3, 0.4) is 0 Å². The number of benzene rings is 1. The Morgan fingerprint density at radius 2 is 1.91 bits per heavy atom. The van der Waals surface area contributed by atoms with Gasteiger partial charge in [0.05, 0.1) is 42.0 Å². The summed E-state index contributed by atoms with van der Waals surface area (Å²) in [5.41, 5.74) is 3.15. The first kappa shape index (κ1) is 21.6. The molecule has 0 unspecified atom stereocenters. The van der Waals surface area contributed by atoms with Crippen LogP contribution in [-0.2, 0) is 12.1 Å². The summed E-state index contributed by atoms with van der Waals surface area (Å²) in [6.07, 6.45) is 4.75. The molecule has 5 rings (SSSR count). The maximum absolute atomic E-state index is 13.4. The molecular weight excluding hydrogens is 438 g/mol. The SMILES string of the molecule is CCn1cc2[nH]c(=O)c(-c3nc4cc(OC)c(OC)cc4[nH]3)c(NC(C)(C)c3cocn3)c2n1. The number of imidazole rings is 1. The van der Waals surface area contributed by atoms with Crippen molar-refractivity contribution in [1.82, 2.24) is 29.7 Å². The highest BCUT2D eigenvalue weighted by molar-refractivity contribution is 5.97. The minimum atomic E-state index is -0.670. The van der Waals surface area contributed by atoms with Crippen LogP contribution in [0.1, 0.15) is 26.5 Å². The molecule has 0 aliphatic heterocycles. The average molecular weight is 463 g/mol. The van der Waals surface area contributed by atoms with Gasteiger partial charge in [-0.05, 0) is 20.8 Å². The van der Waals surface area contributed by atoms with Gasteiger partial charge in [0.15, 0.2) is 17.9 Å². The first-order valence-corrected chi connectivity index (χ1v) is 10.8. The number of fused-ring (bicyclic) bond motifs is 2. The number of aryl methyl sites for hydroxylation is 1. The molecule has 3 N–H and O–H groups in total. The number of pyridine rings is 1. The summed E-state index contributed by atoms with van der Waals surface area (Å²) in [7, 11) is 3.13. The van der Waals surface area contributed by atoms with E-state index < -0.39 is 5.54 Å². The van der Waals surface area contributed by atoms with E-state index in [1.807, 2.05) is 27.0 Å². The van der Waals surface area contributed by atoms with Crippen LogP contribution in [0.25, 0.3) is 33.5 Å². The number of nitrogens with zero attached hydrogens (tertiary/aromatic N) is 4. The molecular formula is C23H25N7O4. The van der Waals surface area contributed by atoms with Crippen molar-refractivity contribution in [1.29, 1.82) is 0 Å². The van der Waals surface area contributed by atoms with Gasteiger partial charge in [-0.25, -0.2) is 9.97 Å². The highest BCUT2D eigenvalue weighted by Crippen LogP contribution is 2.36. The summed E-state index contributed by atoms with van der Waals surface area (Å²) >= 11 is 0. The smallest absolute Gasteiger partial charge is 0.261 e. The lowest BCUT2D eigenvalue weighted by atomic mass is 10.00. The third-order valence-electron chi connectivity index (χ3n) is 5.78. The number of oxazole rings is 1. The van der Waals surface area contributed by atoms with Crippen molar-refractivity contribution in [2.45, 2.75) is 32.9 Å². The number of ether oxygens (including phenoxy) is 2. The van der Waals surface area contributed by atoms with Gasteiger partial charge in [-0.1, -0.05) is 0 Å². The summed E-state index contributed by atoms with van der Waals surface area (Å²) in [6.45, 7) is 6.54. The minimum Gasteiger partial charge on any atom is -0.493 e. The fourth-order valence-electron chi connectivity index (χ4n) is 3.98. The molecule has 0 aliphatic carbocycles. The molecule has 1 aromatic carbocycles. The summed E-state index contributed by atoms with van der Waals surface area (Å²) < 4.78 is 17.8. The molecule has 4 aromatic heterocycles. The Kier molecular flexibility index (Phi) is 5.03. The van der Waals surface area contributed by atoms with Crippen molar-refractivity contribution in [3.8, 4) is 22.9 Å². The predicted octanol–water partition coefficient (Wildman–Crippen LogP) is 3.64. The van der Waals surface area contributed by atoms with Gasteiger partial charge in [0.1, 0.15) is 28.9 Å². The minimum absolute atomic E-state index is 0.306. The molecule has 4 heterocycles. The van der Waals surface area contributed by atoms with Crippen molar-refractivity contribution in [3.05, 3.63) is 47.0 Å². The maximum atomic E-state index is 13.4. The Bertz CT molecular complexity index is 1500. The zero-order valence-corrected chi connectivity index (χ0v) is 19.5. The third kappa shape index (κ3) is 3.45. The van der Waals surface area contributed by atoms with Crippen molar-refractivity contribution in [2.24, 2.45) is 0 Å². The highest BCUT2D eigenvalue weighted by Gasteiger charge is 2.29. The first-order chi connectivity index (χ1) is 16.3. The van der Waals surface area contributed by atoms with E-state index in [-0.39, 0.29) is 5.56 Å². The van der Waals surface area contributed by atoms with Gasteiger partial charge in [-0.15, -0.1) is 0 Å². The Balaban J connectivity index is 1.76. The number of aromatic nitrogens is 6. The lowest BCUT2D eigenvalue weighted by Crippen LogP contribution is -2.30. The van der Waals surface area contributed by atoms with Gasteiger partial charge < -0.3 is 29.2 Å². The zero-order valence-electron chi connectivity index (χ0n) is 19.5. The van der Waals surface area contributed by atoms with Crippen molar-refractivity contribution < 1.29 is 13.9 Å². The van der Waals surface area contributed by atoms with E-state index in [0.717, 1.165) is 0 Å². The standard InChI is InChI=1S/C23H25N7O4/c1-6-30-9-14-19(29-30)20(28-23(2,3)17-10-34-11-24-17)18(22(31)27-14)21-25-12-7-15(32-4)16(33-5)8-13(12)26-21/h7-11,28H,6H2,1-5H3,(H,25,26)(H,27,31). The largest absolute Gasteiger partial charge is 0.493 e. The Morgan fingerprint density at radius 1 is 1.15 bits per heavy atom. The molecule has 0 radical (unpaired) electrons. The van der Waals surface area contributed by atoms with Crippen LogP contribution in [0.4, 0.5) is 5.69 Å². The second-order valence-corrected chi connectivity index (χ2v) is 8.38. The Labute approximate surface area is 194 Å². The number of hydrogen-bond acceptors (Lipinski definition) is 8. The summed E-state index contributed by atoms with van der Waals surface area (Å²) in [4.78, 5) is 28.5. The Morgan fingerprint density at radius 3 is 2.59 bits per heavy atom. The second kappa shape index (κ2) is 7.94. The van der Waals surface area contributed by atoms with Crippen molar-refractivity contribution in [2.75, 3.05) is 19.5 Å². The molecule has 34 heavy (non-hydrogen) atoms. The normalized spacial score (nSPS) is 11.9. The zero-order chi connectivity index (χ0) is 24.0. The van der Waals surface area contributed by atoms with Crippen LogP contribution in [0, 0.1) is 0 Å². The number of methoxy groups -OCH3 is 2. The number of hydrogen-bond donors (Lipinski definition) is 3. The van der Waals surface area contributed by atoms with Crippen LogP contribution in [0.5, 0.6) is 11.5 Å². The highest BCUT2D eigenvalue weighted by atomic mass is 16.5.